The molecule has 1 aromatic rings. The van der Waals surface area contributed by atoms with Gasteiger partial charge >= 0.3 is 0 Å². The number of Topliss-reactive ketones (excluding diaryl/α,β-unsaturated/α-hetero) is 1. The zero-order chi connectivity index (χ0) is 31.1. The van der Waals surface area contributed by atoms with Crippen LogP contribution in [0.15, 0.2) is 12.1 Å². The number of fused-ring (bicyclic) bond motifs is 3. The quantitative estimate of drug-likeness (QED) is 0.815. The molecule has 3 unspecified atom stereocenters. The molecule has 0 saturated carbocycles. The summed E-state index contributed by atoms with van der Waals surface area (Å²) in [6.07, 6.45) is -7.12. The summed E-state index contributed by atoms with van der Waals surface area (Å²) in [7, 11) is -5.99. The van der Waals surface area contributed by atoms with Crippen molar-refractivity contribution in [2.24, 2.45) is 11.8 Å². The zero-order valence-electron chi connectivity index (χ0n) is 29.1. The van der Waals surface area contributed by atoms with Crippen molar-refractivity contribution < 1.29 is 36.2 Å². The Labute approximate surface area is 167 Å². The van der Waals surface area contributed by atoms with Gasteiger partial charge in [0.05, 0.1) is 22.3 Å². The van der Waals surface area contributed by atoms with Crippen LogP contribution in [-0.4, -0.2) is 37.8 Å². The molecular weight excluding hydrogens is 302 g/mol. The molecule has 1 fully saturated rings. The fourth-order valence-electron chi connectivity index (χ4n) is 3.12. The lowest BCUT2D eigenvalue weighted by atomic mass is 9.79. The van der Waals surface area contributed by atoms with Crippen molar-refractivity contribution in [1.82, 2.24) is 4.90 Å². The van der Waals surface area contributed by atoms with Crippen LogP contribution in [0.25, 0.3) is 0 Å². The molecule has 0 spiro atoms. The molecule has 24 heavy (non-hydrogen) atoms. The Morgan fingerprint density at radius 1 is 1.46 bits per heavy atom. The molecule has 0 radical (unpaired) electrons. The molecule has 4 nitrogen and oxygen atoms in total. The number of hydrogen-bond donors (Lipinski definition) is 0. The van der Waals surface area contributed by atoms with E-state index in [2.05, 4.69) is 0 Å². The number of ketones is 1. The van der Waals surface area contributed by atoms with Gasteiger partial charge in [0.2, 0.25) is 0 Å². The lowest BCUT2D eigenvalue weighted by Gasteiger charge is -2.43. The van der Waals surface area contributed by atoms with Gasteiger partial charge in [0, 0.05) is 45.1 Å². The molecule has 0 amide bonds. The summed E-state index contributed by atoms with van der Waals surface area (Å²) in [5, 5.41) is 0. The molecule has 4 heteroatoms. The number of piperidine rings is 1. The van der Waals surface area contributed by atoms with E-state index in [0.717, 1.165) is 11.0 Å². The maximum Gasteiger partial charge on any atom is 0.161 e. The van der Waals surface area contributed by atoms with Crippen LogP contribution in [0.5, 0.6) is 11.5 Å². The van der Waals surface area contributed by atoms with E-state index in [4.69, 9.17) is 31.4 Å². The largest absolute Gasteiger partial charge is 0.493 e. The van der Waals surface area contributed by atoms with E-state index in [9.17, 15) is 4.79 Å². The van der Waals surface area contributed by atoms with E-state index in [1.54, 1.807) is 0 Å². The van der Waals surface area contributed by atoms with Crippen LogP contribution in [-0.2, 0) is 11.2 Å². The van der Waals surface area contributed by atoms with E-state index in [-0.39, 0.29) is 18.5 Å². The van der Waals surface area contributed by atoms with Gasteiger partial charge in [0.1, 0.15) is 5.78 Å². The van der Waals surface area contributed by atoms with Gasteiger partial charge in [0.15, 0.2) is 11.5 Å². The molecule has 3 rings (SSSR count). The molecule has 2 aliphatic rings. The fraction of sp³-hybridized carbons (Fsp3) is 0.650. The lowest BCUT2D eigenvalue weighted by molar-refractivity contribution is -0.129. The first-order valence-corrected chi connectivity index (χ1v) is 7.49. The van der Waals surface area contributed by atoms with Gasteiger partial charge < -0.3 is 9.47 Å². The van der Waals surface area contributed by atoms with Gasteiger partial charge in [-0.25, -0.2) is 0 Å². The van der Waals surface area contributed by atoms with Crippen molar-refractivity contribution in [3.8, 4) is 11.5 Å². The maximum absolute atomic E-state index is 13.5. The fourth-order valence-corrected chi connectivity index (χ4v) is 3.12. The van der Waals surface area contributed by atoms with Crippen LogP contribution in [0.3, 0.4) is 0 Å². The molecule has 0 N–H and O–H groups in total. The third-order valence-corrected chi connectivity index (χ3v) is 4.33. The first-order chi connectivity index (χ1) is 17.6. The Kier molecular flexibility index (Phi) is 1.88. The molecule has 1 saturated heterocycles. The standard InChI is InChI=1S/C20H29NO3/c1-5-13(2)8-15-12-21-7-6-14-9-19(23-3)20(24-4)10-16(14)17(21)11-18(15)22/h9-10,13,15,17H,5-8,11-12H2,1-4H3/i2D3,3D3,4D3,5D2,8D2,12D2,13D. The highest BCUT2D eigenvalue weighted by Gasteiger charge is 2.38. The molecule has 2 heterocycles. The number of hydrogen-bond acceptors (Lipinski definition) is 4. The summed E-state index contributed by atoms with van der Waals surface area (Å²) in [5.41, 5.74) is 0.587. The van der Waals surface area contributed by atoms with E-state index in [1.807, 2.05) is 0 Å². The van der Waals surface area contributed by atoms with Crippen molar-refractivity contribution in [3.63, 3.8) is 0 Å². The van der Waals surface area contributed by atoms with Crippen molar-refractivity contribution in [1.29, 1.82) is 0 Å². The topological polar surface area (TPSA) is 38.8 Å². The first-order valence-electron chi connectivity index (χ1n) is 15.5. The number of carbonyl (C=O) groups excluding carboxylic acids is 1. The Balaban J connectivity index is 2.14. The highest BCUT2D eigenvalue weighted by Crippen LogP contribution is 2.42. The van der Waals surface area contributed by atoms with Crippen molar-refractivity contribution in [2.75, 3.05) is 27.1 Å². The predicted molar refractivity (Wildman–Crippen MR) is 94.8 cm³/mol. The highest BCUT2D eigenvalue weighted by molar-refractivity contribution is 5.83. The number of ether oxygens (including phenoxy) is 2. The number of nitrogens with zero attached hydrogens (tertiary/aromatic N) is 1. The summed E-state index contributed by atoms with van der Waals surface area (Å²) in [6.45, 7) is -5.96. The second-order valence-corrected chi connectivity index (χ2v) is 5.66. The van der Waals surface area contributed by atoms with Gasteiger partial charge in [-0.2, -0.15) is 0 Å². The number of carbonyl (C=O) groups is 1. The first kappa shape index (κ1) is 6.31. The molecule has 0 aromatic heterocycles. The van der Waals surface area contributed by atoms with Crippen LogP contribution in [0.4, 0.5) is 0 Å². The van der Waals surface area contributed by atoms with Gasteiger partial charge in [-0.1, -0.05) is 20.1 Å². The van der Waals surface area contributed by atoms with Gasteiger partial charge in [-0.15, -0.1) is 0 Å². The Bertz CT molecular complexity index is 1140. The predicted octanol–water partition coefficient (Wildman–Crippen LogP) is 3.63. The monoisotopic (exact) mass is 347 g/mol. The van der Waals surface area contributed by atoms with Crippen molar-refractivity contribution in [3.05, 3.63) is 23.3 Å². The smallest absolute Gasteiger partial charge is 0.161 e. The minimum Gasteiger partial charge on any atom is -0.493 e. The molecule has 0 bridgehead atoms. The molecule has 3 atom stereocenters. The summed E-state index contributed by atoms with van der Waals surface area (Å²) in [6, 6.07) is 1.23. The molecule has 1 aromatic carbocycles. The Morgan fingerprint density at radius 3 is 2.96 bits per heavy atom. The van der Waals surface area contributed by atoms with Crippen LogP contribution < -0.4 is 9.47 Å². The molecular formula is C20H29NO3. The second kappa shape index (κ2) is 7.14. The minimum atomic E-state index is -3.59. The molecule has 0 aliphatic carbocycles. The summed E-state index contributed by atoms with van der Waals surface area (Å²) in [4.78, 5) is 14.6. The van der Waals surface area contributed by atoms with Gasteiger partial charge in [-0.05, 0) is 41.9 Å². The molecule has 132 valence electrons. The van der Waals surface area contributed by atoms with Crippen molar-refractivity contribution >= 4 is 5.78 Å². The Hall–Kier alpha value is -1.55. The van der Waals surface area contributed by atoms with Crippen LogP contribution in [0.1, 0.15) is 72.0 Å². The molecule has 2 aliphatic heterocycles. The lowest BCUT2D eigenvalue weighted by Crippen LogP contribution is -2.46. The average Bonchev–Trinajstić information content (AvgIpc) is 2.69. The van der Waals surface area contributed by atoms with E-state index < -0.39 is 81.7 Å². The van der Waals surface area contributed by atoms with Gasteiger partial charge in [0.25, 0.3) is 0 Å². The van der Waals surface area contributed by atoms with Crippen LogP contribution in [0, 0.1) is 11.8 Å². The van der Waals surface area contributed by atoms with Gasteiger partial charge in [-0.3, -0.25) is 9.69 Å². The number of methoxy groups -OCH3 is 2. The van der Waals surface area contributed by atoms with E-state index in [1.165, 1.54) is 6.07 Å². The third kappa shape index (κ3) is 3.16. The average molecular weight is 348 g/mol. The summed E-state index contributed by atoms with van der Waals surface area (Å²) in [5.74, 6) is -7.93. The van der Waals surface area contributed by atoms with Crippen LogP contribution in [0.2, 0.25) is 0 Å². The van der Waals surface area contributed by atoms with Crippen molar-refractivity contribution in [2.45, 2.75) is 45.4 Å². The third-order valence-electron chi connectivity index (χ3n) is 4.33. The Morgan fingerprint density at radius 2 is 2.25 bits per heavy atom. The summed E-state index contributed by atoms with van der Waals surface area (Å²) >= 11 is 0. The highest BCUT2D eigenvalue weighted by atomic mass is 16.5. The van der Waals surface area contributed by atoms with Crippen LogP contribution >= 0.6 is 0 Å². The second-order valence-electron chi connectivity index (χ2n) is 5.66. The minimum absolute atomic E-state index is 0.0144. The normalized spacial score (nSPS) is 41.0. The zero-order valence-corrected chi connectivity index (χ0v) is 13.1. The van der Waals surface area contributed by atoms with E-state index in [0.29, 0.717) is 12.5 Å². The number of benzene rings is 1. The SMILES string of the molecule is [2H]C([2H])([2H])Oc1cc2c(cc1OC([2H])([2H])[2H])C1CC(=O)C(C([2H])([2H])C([2H])(C([2H])([2H])[2H])C([2H])([2H])C)C([2H])([2H])N1CC2. The summed E-state index contributed by atoms with van der Waals surface area (Å²) < 4.78 is 137. The number of rotatable bonds is 5. The van der Waals surface area contributed by atoms with E-state index >= 15 is 0 Å². The maximum atomic E-state index is 13.5.